The number of halogens is 2. The van der Waals surface area contributed by atoms with E-state index in [2.05, 4.69) is 0 Å². The molecule has 0 N–H and O–H groups in total. The summed E-state index contributed by atoms with van der Waals surface area (Å²) in [5.74, 6) is -4.09. The van der Waals surface area contributed by atoms with Crippen LogP contribution in [0.15, 0.2) is 12.1 Å². The summed E-state index contributed by atoms with van der Waals surface area (Å²) in [5.41, 5.74) is -0.673. The molecule has 0 atom stereocenters. The number of aldehydes is 1. The van der Waals surface area contributed by atoms with E-state index in [1.807, 2.05) is 0 Å². The van der Waals surface area contributed by atoms with Crippen LogP contribution >= 0.6 is 0 Å². The smallest absolute Gasteiger partial charge is 0.299 e. The number of fused-ring (bicyclic) bond motifs is 1. The highest BCUT2D eigenvalue weighted by atomic mass is 19.1. The number of carbonyl (C=O) groups excluding carboxylic acids is 3. The molecule has 0 saturated carbocycles. The van der Waals surface area contributed by atoms with Gasteiger partial charge in [-0.2, -0.15) is 0 Å². The van der Waals surface area contributed by atoms with Gasteiger partial charge in [-0.15, -0.1) is 0 Å². The van der Waals surface area contributed by atoms with Crippen molar-refractivity contribution in [3.8, 4) is 0 Å². The van der Waals surface area contributed by atoms with Gasteiger partial charge in [0.25, 0.3) is 11.7 Å². The monoisotopic (exact) mass is 225 g/mol. The quantitative estimate of drug-likeness (QED) is 0.549. The molecule has 1 amide bonds. The Labute approximate surface area is 88.5 Å². The van der Waals surface area contributed by atoms with E-state index in [1.165, 1.54) is 0 Å². The van der Waals surface area contributed by atoms with Crippen molar-refractivity contribution in [2.45, 2.75) is 0 Å². The van der Waals surface area contributed by atoms with E-state index >= 15 is 0 Å². The van der Waals surface area contributed by atoms with Gasteiger partial charge in [-0.1, -0.05) is 0 Å². The summed E-state index contributed by atoms with van der Waals surface area (Å²) in [7, 11) is 0. The molecular formula is C10H5F2NO3. The highest BCUT2D eigenvalue weighted by molar-refractivity contribution is 6.52. The second-order valence-electron chi connectivity index (χ2n) is 3.19. The first-order valence-corrected chi connectivity index (χ1v) is 4.35. The Balaban J connectivity index is 2.65. The summed E-state index contributed by atoms with van der Waals surface area (Å²) in [6, 6.07) is 1.37. The van der Waals surface area contributed by atoms with E-state index < -0.39 is 35.4 Å². The standard InChI is InChI=1S/C10H5F2NO3/c11-5-3-6(12)8-7(4-5)13(1-2-14)10(16)9(8)15/h2-4H,1H2. The number of rotatable bonds is 2. The van der Waals surface area contributed by atoms with Crippen LogP contribution < -0.4 is 4.90 Å². The number of nitrogens with zero attached hydrogens (tertiary/aromatic N) is 1. The second kappa shape index (κ2) is 3.48. The Bertz CT molecular complexity index is 513. The number of carbonyl (C=O) groups is 3. The van der Waals surface area contributed by atoms with Gasteiger partial charge in [0.1, 0.15) is 17.9 Å². The van der Waals surface area contributed by atoms with E-state index in [0.29, 0.717) is 12.4 Å². The van der Waals surface area contributed by atoms with Gasteiger partial charge in [0.2, 0.25) is 0 Å². The van der Waals surface area contributed by atoms with Crippen molar-refractivity contribution < 1.29 is 23.2 Å². The maximum atomic E-state index is 13.3. The molecule has 0 saturated heterocycles. The molecule has 0 spiro atoms. The highest BCUT2D eigenvalue weighted by Gasteiger charge is 2.38. The molecule has 0 unspecified atom stereocenters. The number of amides is 1. The van der Waals surface area contributed by atoms with Crippen molar-refractivity contribution in [1.82, 2.24) is 0 Å². The maximum Gasteiger partial charge on any atom is 0.299 e. The molecule has 1 heterocycles. The van der Waals surface area contributed by atoms with Crippen molar-refractivity contribution in [1.29, 1.82) is 0 Å². The summed E-state index contributed by atoms with van der Waals surface area (Å²) < 4.78 is 26.2. The van der Waals surface area contributed by atoms with Crippen molar-refractivity contribution in [3.05, 3.63) is 29.3 Å². The van der Waals surface area contributed by atoms with E-state index in [-0.39, 0.29) is 5.69 Å². The van der Waals surface area contributed by atoms with Crippen LogP contribution in [0.5, 0.6) is 0 Å². The third-order valence-corrected chi connectivity index (χ3v) is 2.25. The predicted octanol–water partition coefficient (Wildman–Crippen LogP) is 0.693. The van der Waals surface area contributed by atoms with E-state index in [9.17, 15) is 23.2 Å². The van der Waals surface area contributed by atoms with Crippen LogP contribution in [0.1, 0.15) is 10.4 Å². The van der Waals surface area contributed by atoms with E-state index in [4.69, 9.17) is 0 Å². The average molecular weight is 225 g/mol. The minimum absolute atomic E-state index is 0.195. The van der Waals surface area contributed by atoms with Gasteiger partial charge < -0.3 is 4.79 Å². The van der Waals surface area contributed by atoms with Crippen molar-refractivity contribution in [3.63, 3.8) is 0 Å². The van der Waals surface area contributed by atoms with Crippen molar-refractivity contribution >= 4 is 23.7 Å². The van der Waals surface area contributed by atoms with Gasteiger partial charge in [-0.05, 0) is 6.07 Å². The summed E-state index contributed by atoms with van der Waals surface area (Å²) in [6.07, 6.45) is 0.378. The van der Waals surface area contributed by atoms with Gasteiger partial charge >= 0.3 is 0 Å². The van der Waals surface area contributed by atoms with E-state index in [0.717, 1.165) is 11.0 Å². The molecule has 82 valence electrons. The molecule has 4 nitrogen and oxygen atoms in total. The molecule has 0 aliphatic carbocycles. The van der Waals surface area contributed by atoms with Crippen LogP contribution in [0.2, 0.25) is 0 Å². The molecule has 1 aromatic rings. The van der Waals surface area contributed by atoms with Gasteiger partial charge in [-0.25, -0.2) is 8.78 Å². The molecule has 0 radical (unpaired) electrons. The lowest BCUT2D eigenvalue weighted by molar-refractivity contribution is -0.115. The minimum Gasteiger partial charge on any atom is -0.301 e. The molecular weight excluding hydrogens is 220 g/mol. The fourth-order valence-electron chi connectivity index (χ4n) is 1.59. The first-order chi connectivity index (χ1) is 7.56. The van der Waals surface area contributed by atoms with E-state index in [1.54, 1.807) is 0 Å². The van der Waals surface area contributed by atoms with Gasteiger partial charge in [0.05, 0.1) is 17.8 Å². The largest absolute Gasteiger partial charge is 0.301 e. The van der Waals surface area contributed by atoms with Crippen molar-refractivity contribution in [2.75, 3.05) is 11.4 Å². The van der Waals surface area contributed by atoms with Crippen LogP contribution in [0, 0.1) is 11.6 Å². The lowest BCUT2D eigenvalue weighted by Gasteiger charge is -2.12. The van der Waals surface area contributed by atoms with Gasteiger partial charge in [0, 0.05) is 6.07 Å². The summed E-state index contributed by atoms with van der Waals surface area (Å²) in [4.78, 5) is 33.7. The van der Waals surface area contributed by atoms with Crippen LogP contribution in [0.3, 0.4) is 0 Å². The summed E-state index contributed by atoms with van der Waals surface area (Å²) in [5, 5.41) is 0. The highest BCUT2D eigenvalue weighted by Crippen LogP contribution is 2.31. The molecule has 0 aromatic heterocycles. The zero-order chi connectivity index (χ0) is 11.9. The Hall–Kier alpha value is -2.11. The zero-order valence-corrected chi connectivity index (χ0v) is 7.87. The fraction of sp³-hybridized carbons (Fsp3) is 0.100. The Morgan fingerprint density at radius 3 is 2.56 bits per heavy atom. The molecule has 1 aromatic carbocycles. The minimum atomic E-state index is -1.10. The SMILES string of the molecule is O=CCN1C(=O)C(=O)c2c(F)cc(F)cc21. The predicted molar refractivity (Wildman–Crippen MR) is 49.1 cm³/mol. The topological polar surface area (TPSA) is 54.5 Å². The van der Waals surface area contributed by atoms with Crippen LogP contribution in [-0.2, 0) is 9.59 Å². The molecule has 0 fully saturated rings. The zero-order valence-electron chi connectivity index (χ0n) is 7.87. The first kappa shape index (κ1) is 10.4. The third-order valence-electron chi connectivity index (χ3n) is 2.25. The molecule has 1 aliphatic rings. The Kier molecular flexibility index (Phi) is 2.26. The maximum absolute atomic E-state index is 13.3. The molecule has 0 bridgehead atoms. The second-order valence-corrected chi connectivity index (χ2v) is 3.19. The Morgan fingerprint density at radius 1 is 1.25 bits per heavy atom. The van der Waals surface area contributed by atoms with Crippen LogP contribution in [0.4, 0.5) is 14.5 Å². The van der Waals surface area contributed by atoms with Crippen molar-refractivity contribution in [2.24, 2.45) is 0 Å². The lowest BCUT2D eigenvalue weighted by Crippen LogP contribution is -2.31. The Morgan fingerprint density at radius 2 is 1.94 bits per heavy atom. The fourth-order valence-corrected chi connectivity index (χ4v) is 1.59. The third kappa shape index (κ3) is 1.30. The summed E-state index contributed by atoms with van der Waals surface area (Å²) >= 11 is 0. The number of hydrogen-bond donors (Lipinski definition) is 0. The average Bonchev–Trinajstić information content (AvgIpc) is 2.44. The molecule has 2 rings (SSSR count). The van der Waals surface area contributed by atoms with Crippen LogP contribution in [-0.4, -0.2) is 24.5 Å². The summed E-state index contributed by atoms with van der Waals surface area (Å²) in [6.45, 7) is -0.402. The normalized spacial score (nSPS) is 14.2. The molecule has 1 aliphatic heterocycles. The number of hydrogen-bond acceptors (Lipinski definition) is 3. The number of Topliss-reactive ketones (excluding diaryl/α,β-unsaturated/α-hetero) is 1. The van der Waals surface area contributed by atoms with Gasteiger partial charge in [-0.3, -0.25) is 14.5 Å². The number of benzene rings is 1. The van der Waals surface area contributed by atoms with Gasteiger partial charge in [0.15, 0.2) is 0 Å². The number of anilines is 1. The number of ketones is 1. The van der Waals surface area contributed by atoms with Crippen LogP contribution in [0.25, 0.3) is 0 Å². The molecule has 6 heteroatoms. The molecule has 16 heavy (non-hydrogen) atoms. The lowest BCUT2D eigenvalue weighted by atomic mass is 10.1. The first-order valence-electron chi connectivity index (χ1n) is 4.35.